The van der Waals surface area contributed by atoms with E-state index in [4.69, 9.17) is 9.47 Å². The molecule has 0 aliphatic carbocycles. The van der Waals surface area contributed by atoms with Gasteiger partial charge in [-0.1, -0.05) is 33.6 Å². The number of methoxy groups -OCH3 is 2. The summed E-state index contributed by atoms with van der Waals surface area (Å²) in [6, 6.07) is 0.279. The molecule has 1 unspecified atom stereocenters. The molecule has 0 saturated carbocycles. The van der Waals surface area contributed by atoms with E-state index in [0.717, 1.165) is 38.6 Å². The number of hydrogen-bond donors (Lipinski definition) is 0. The minimum Gasteiger partial charge on any atom is -0.468 e. The second-order valence-electron chi connectivity index (χ2n) is 4.88. The number of esters is 1. The average molecular weight is 273 g/mol. The van der Waals surface area contributed by atoms with Gasteiger partial charge < -0.3 is 9.47 Å². The highest BCUT2D eigenvalue weighted by Gasteiger charge is 2.29. The molecular weight excluding hydrogens is 242 g/mol. The molecule has 4 nitrogen and oxygen atoms in total. The Hall–Kier alpha value is -0.610. The van der Waals surface area contributed by atoms with Crippen LogP contribution in [-0.4, -0.2) is 50.3 Å². The summed E-state index contributed by atoms with van der Waals surface area (Å²) in [5, 5.41) is 0. The lowest BCUT2D eigenvalue weighted by molar-refractivity contribution is -0.148. The Balaban J connectivity index is 4.91. The Morgan fingerprint density at radius 2 is 1.79 bits per heavy atom. The summed E-state index contributed by atoms with van der Waals surface area (Å²) in [5.41, 5.74) is 0. The molecule has 0 aliphatic rings. The molecule has 0 heterocycles. The maximum atomic E-state index is 12.1. The van der Waals surface area contributed by atoms with E-state index in [1.54, 1.807) is 7.11 Å². The van der Waals surface area contributed by atoms with Gasteiger partial charge in [0.05, 0.1) is 13.7 Å². The second kappa shape index (κ2) is 11.2. The standard InChI is InChI=1S/C15H31NO3/c1-6-9-10-14(15(17)19-5)16(11-12-18-4)13(7-2)8-3/h13-14H,6-12H2,1-5H3. The Labute approximate surface area is 118 Å². The van der Waals surface area contributed by atoms with E-state index in [1.165, 1.54) is 7.11 Å². The first-order valence-corrected chi connectivity index (χ1v) is 7.48. The topological polar surface area (TPSA) is 38.8 Å². The van der Waals surface area contributed by atoms with Gasteiger partial charge in [0.15, 0.2) is 0 Å². The predicted octanol–water partition coefficient (Wildman–Crippen LogP) is 2.86. The van der Waals surface area contributed by atoms with E-state index in [-0.39, 0.29) is 12.0 Å². The summed E-state index contributed by atoms with van der Waals surface area (Å²) in [4.78, 5) is 14.3. The molecule has 0 amide bonds. The number of nitrogens with zero attached hydrogens (tertiary/aromatic N) is 1. The monoisotopic (exact) mass is 273 g/mol. The van der Waals surface area contributed by atoms with Crippen LogP contribution in [0.15, 0.2) is 0 Å². The van der Waals surface area contributed by atoms with E-state index in [9.17, 15) is 4.79 Å². The van der Waals surface area contributed by atoms with Crippen LogP contribution in [0.25, 0.3) is 0 Å². The number of unbranched alkanes of at least 4 members (excludes halogenated alkanes) is 1. The zero-order valence-electron chi connectivity index (χ0n) is 13.3. The highest BCUT2D eigenvalue weighted by Crippen LogP contribution is 2.18. The second-order valence-corrected chi connectivity index (χ2v) is 4.88. The van der Waals surface area contributed by atoms with Crippen molar-refractivity contribution < 1.29 is 14.3 Å². The van der Waals surface area contributed by atoms with Gasteiger partial charge in [-0.25, -0.2) is 0 Å². The molecule has 0 saturated heterocycles. The van der Waals surface area contributed by atoms with E-state index in [0.29, 0.717) is 12.6 Å². The molecule has 0 fully saturated rings. The fourth-order valence-corrected chi connectivity index (χ4v) is 2.50. The molecule has 19 heavy (non-hydrogen) atoms. The van der Waals surface area contributed by atoms with Crippen molar-refractivity contribution in [1.82, 2.24) is 4.90 Å². The number of hydrogen-bond acceptors (Lipinski definition) is 4. The van der Waals surface area contributed by atoms with Crippen LogP contribution in [0.5, 0.6) is 0 Å². The molecule has 0 spiro atoms. The van der Waals surface area contributed by atoms with Crippen molar-refractivity contribution in [1.29, 1.82) is 0 Å². The van der Waals surface area contributed by atoms with E-state index < -0.39 is 0 Å². The van der Waals surface area contributed by atoms with Gasteiger partial charge in [-0.2, -0.15) is 0 Å². The minimum absolute atomic E-state index is 0.114. The van der Waals surface area contributed by atoms with Gasteiger partial charge in [0, 0.05) is 19.7 Å². The molecular formula is C15H31NO3. The van der Waals surface area contributed by atoms with Crippen LogP contribution in [0.2, 0.25) is 0 Å². The Morgan fingerprint density at radius 1 is 1.16 bits per heavy atom. The Kier molecular flexibility index (Phi) is 10.9. The summed E-state index contributed by atoms with van der Waals surface area (Å²) >= 11 is 0. The maximum Gasteiger partial charge on any atom is 0.323 e. The van der Waals surface area contributed by atoms with E-state index >= 15 is 0 Å². The van der Waals surface area contributed by atoms with Crippen LogP contribution in [0.3, 0.4) is 0 Å². The first kappa shape index (κ1) is 18.4. The Morgan fingerprint density at radius 3 is 2.21 bits per heavy atom. The molecule has 114 valence electrons. The third kappa shape index (κ3) is 6.39. The van der Waals surface area contributed by atoms with Gasteiger partial charge in [-0.3, -0.25) is 9.69 Å². The summed E-state index contributed by atoms with van der Waals surface area (Å²) in [6.07, 6.45) is 5.08. The average Bonchev–Trinajstić information content (AvgIpc) is 2.44. The van der Waals surface area contributed by atoms with Gasteiger partial charge in [0.2, 0.25) is 0 Å². The SMILES string of the molecule is CCCCC(C(=O)OC)N(CCOC)C(CC)CC. The number of ether oxygens (including phenoxy) is 2. The van der Waals surface area contributed by atoms with Crippen LogP contribution >= 0.6 is 0 Å². The van der Waals surface area contributed by atoms with Crippen molar-refractivity contribution in [2.75, 3.05) is 27.4 Å². The smallest absolute Gasteiger partial charge is 0.323 e. The van der Waals surface area contributed by atoms with Crippen molar-refractivity contribution in [2.24, 2.45) is 0 Å². The quantitative estimate of drug-likeness (QED) is 0.543. The highest BCUT2D eigenvalue weighted by molar-refractivity contribution is 5.75. The molecule has 0 aromatic heterocycles. The summed E-state index contributed by atoms with van der Waals surface area (Å²) in [5.74, 6) is -0.114. The van der Waals surface area contributed by atoms with Crippen LogP contribution in [-0.2, 0) is 14.3 Å². The summed E-state index contributed by atoms with van der Waals surface area (Å²) in [7, 11) is 3.17. The van der Waals surface area contributed by atoms with Crippen molar-refractivity contribution in [3.8, 4) is 0 Å². The minimum atomic E-state index is -0.134. The lowest BCUT2D eigenvalue weighted by Gasteiger charge is -2.35. The highest BCUT2D eigenvalue weighted by atomic mass is 16.5. The lowest BCUT2D eigenvalue weighted by Crippen LogP contribution is -2.49. The molecule has 0 aliphatic heterocycles. The van der Waals surface area contributed by atoms with E-state index in [1.807, 2.05) is 0 Å². The van der Waals surface area contributed by atoms with Crippen LogP contribution in [0, 0.1) is 0 Å². The molecule has 0 rings (SSSR count). The number of rotatable bonds is 11. The molecule has 0 radical (unpaired) electrons. The van der Waals surface area contributed by atoms with Gasteiger partial charge in [-0.15, -0.1) is 0 Å². The van der Waals surface area contributed by atoms with Crippen LogP contribution in [0.1, 0.15) is 52.9 Å². The zero-order chi connectivity index (χ0) is 14.7. The van der Waals surface area contributed by atoms with Crippen molar-refractivity contribution in [2.45, 2.75) is 65.0 Å². The molecule has 4 heteroatoms. The molecule has 1 atom stereocenters. The van der Waals surface area contributed by atoms with Gasteiger partial charge in [-0.05, 0) is 19.3 Å². The third-order valence-electron chi connectivity index (χ3n) is 3.67. The number of carbonyl (C=O) groups is 1. The van der Waals surface area contributed by atoms with Crippen molar-refractivity contribution in [3.63, 3.8) is 0 Å². The van der Waals surface area contributed by atoms with Gasteiger partial charge in [0.25, 0.3) is 0 Å². The summed E-state index contributed by atoms with van der Waals surface area (Å²) in [6.45, 7) is 7.91. The fraction of sp³-hybridized carbons (Fsp3) is 0.933. The number of carbonyl (C=O) groups excluding carboxylic acids is 1. The molecule has 0 aromatic carbocycles. The fourth-order valence-electron chi connectivity index (χ4n) is 2.50. The summed E-state index contributed by atoms with van der Waals surface area (Å²) < 4.78 is 10.2. The third-order valence-corrected chi connectivity index (χ3v) is 3.67. The first-order chi connectivity index (χ1) is 9.15. The van der Waals surface area contributed by atoms with Gasteiger partial charge >= 0.3 is 5.97 Å². The maximum absolute atomic E-state index is 12.1. The predicted molar refractivity (Wildman–Crippen MR) is 78.3 cm³/mol. The first-order valence-electron chi connectivity index (χ1n) is 7.48. The molecule has 0 N–H and O–H groups in total. The van der Waals surface area contributed by atoms with Crippen LogP contribution < -0.4 is 0 Å². The Bertz CT molecular complexity index is 229. The van der Waals surface area contributed by atoms with E-state index in [2.05, 4.69) is 25.7 Å². The zero-order valence-corrected chi connectivity index (χ0v) is 13.3. The van der Waals surface area contributed by atoms with Gasteiger partial charge in [0.1, 0.15) is 6.04 Å². The largest absolute Gasteiger partial charge is 0.468 e. The van der Waals surface area contributed by atoms with Crippen LogP contribution in [0.4, 0.5) is 0 Å². The normalized spacial score (nSPS) is 13.0. The molecule has 0 aromatic rings. The van der Waals surface area contributed by atoms with Crippen molar-refractivity contribution in [3.05, 3.63) is 0 Å². The lowest BCUT2D eigenvalue weighted by atomic mass is 10.0. The molecule has 0 bridgehead atoms. The van der Waals surface area contributed by atoms with Crippen molar-refractivity contribution >= 4 is 5.97 Å².